The maximum atomic E-state index is 14.4. The average Bonchev–Trinajstić information content (AvgIpc) is 3.33. The van der Waals surface area contributed by atoms with E-state index in [0.717, 1.165) is 51.4 Å². The van der Waals surface area contributed by atoms with Crippen molar-refractivity contribution in [2.24, 2.45) is 40.2 Å². The van der Waals surface area contributed by atoms with E-state index in [1.165, 1.54) is 4.90 Å². The van der Waals surface area contributed by atoms with Crippen LogP contribution >= 0.6 is 0 Å². The normalized spacial score (nSPS) is 25.4. The molecule has 0 aromatic heterocycles. The number of piperidine rings is 1. The molecule has 5 rings (SSSR count). The maximum Gasteiger partial charge on any atom is 0.316 e. The summed E-state index contributed by atoms with van der Waals surface area (Å²) in [6, 6.07) is 4.67. The molecule has 0 spiro atoms. The molecular weight excluding hydrogens is 610 g/mol. The van der Waals surface area contributed by atoms with Crippen molar-refractivity contribution in [1.82, 2.24) is 20.9 Å². The Morgan fingerprint density at radius 3 is 2.10 bits per heavy atom. The number of nitrogens with zero attached hydrogens (tertiary/aromatic N) is 1. The average molecular weight is 664 g/mol. The molecule has 1 unspecified atom stereocenters. The molecule has 1 aromatic rings. The first kappa shape index (κ1) is 35.5. The molecule has 11 nitrogen and oxygen atoms in total. The predicted molar refractivity (Wildman–Crippen MR) is 180 cm³/mol. The molecule has 3 aliphatic carbocycles. The summed E-state index contributed by atoms with van der Waals surface area (Å²) in [7, 11) is 0. The Hall–Kier alpha value is -3.76. The molecule has 4 aliphatic rings. The van der Waals surface area contributed by atoms with E-state index in [4.69, 9.17) is 5.73 Å². The number of primary amides is 1. The van der Waals surface area contributed by atoms with Gasteiger partial charge >= 0.3 is 6.03 Å². The zero-order chi connectivity index (χ0) is 35.0. The van der Waals surface area contributed by atoms with Crippen LogP contribution in [-0.4, -0.2) is 70.9 Å². The van der Waals surface area contributed by atoms with Crippen LogP contribution in [0.3, 0.4) is 0 Å². The molecule has 1 saturated heterocycles. The number of rotatable bonds is 12. The number of hydrogen-bond donors (Lipinski definition) is 4. The van der Waals surface area contributed by atoms with Gasteiger partial charge in [0.25, 0.3) is 5.91 Å². The fourth-order valence-corrected chi connectivity index (χ4v) is 8.31. The summed E-state index contributed by atoms with van der Waals surface area (Å²) in [4.78, 5) is 82.0. The van der Waals surface area contributed by atoms with E-state index in [1.807, 2.05) is 26.8 Å². The molecule has 1 aromatic carbocycles. The van der Waals surface area contributed by atoms with Gasteiger partial charge in [-0.15, -0.1) is 0 Å². The summed E-state index contributed by atoms with van der Waals surface area (Å²) in [5.74, 6) is -2.82. The van der Waals surface area contributed by atoms with Crippen molar-refractivity contribution in [3.63, 3.8) is 0 Å². The van der Waals surface area contributed by atoms with Crippen LogP contribution < -0.4 is 21.7 Å². The number of likely N-dealkylation sites (tertiary alicyclic amines) is 1. The Morgan fingerprint density at radius 2 is 1.54 bits per heavy atom. The number of Topliss-reactive ketones (excluding diaryl/α,β-unsaturated/α-hetero) is 2. The van der Waals surface area contributed by atoms with E-state index in [-0.39, 0.29) is 34.9 Å². The van der Waals surface area contributed by atoms with Gasteiger partial charge in [0, 0.05) is 12.1 Å². The summed E-state index contributed by atoms with van der Waals surface area (Å²) >= 11 is 0. The van der Waals surface area contributed by atoms with Gasteiger partial charge in [-0.25, -0.2) is 4.79 Å². The highest BCUT2D eigenvalue weighted by molar-refractivity contribution is 6.37. The van der Waals surface area contributed by atoms with Crippen molar-refractivity contribution in [3.8, 4) is 0 Å². The maximum absolute atomic E-state index is 14.4. The first-order valence-corrected chi connectivity index (χ1v) is 17.7. The Balaban J connectivity index is 1.34. The SMILES string of the molecule is CC(C)(C)[C@H](NC(=O)N[C@H](C(=O)c1ccccc1)C1CCCCC1)C(=O)N1C[C@H]2[C@@H]([C@H]1C(=O)NC(CC1CCC1)C(=O)C(N)=O)C2(C)C. The number of nitrogens with one attached hydrogen (secondary N) is 3. The third-order valence-corrected chi connectivity index (χ3v) is 11.6. The lowest BCUT2D eigenvalue weighted by molar-refractivity contribution is -0.145. The van der Waals surface area contributed by atoms with Gasteiger partial charge in [0.1, 0.15) is 12.1 Å². The van der Waals surface area contributed by atoms with Crippen molar-refractivity contribution in [2.75, 3.05) is 6.54 Å². The molecule has 1 aliphatic heterocycles. The number of ketones is 2. The Labute approximate surface area is 283 Å². The second kappa shape index (κ2) is 14.0. The second-order valence-corrected chi connectivity index (χ2v) is 16.2. The van der Waals surface area contributed by atoms with Gasteiger partial charge in [0.2, 0.25) is 17.6 Å². The standard InChI is InChI=1S/C37H53N5O6/c1-36(2,3)31(41-35(48)40-27(22-15-8-6-9-16-22)29(43)23-17-10-7-11-18-23)34(47)42-20-24-26(37(24,4)5)28(42)33(46)39-25(30(44)32(38)45)19-21-13-12-14-21/h7,10-11,17-18,21-22,24-28,31H,6,8-9,12-16,19-20H2,1-5H3,(H2,38,45)(H,39,46)(H2,40,41,48)/t24-,25?,26-,27-,28-,31+/m0/s1. The van der Waals surface area contributed by atoms with Crippen LogP contribution in [0.15, 0.2) is 30.3 Å². The van der Waals surface area contributed by atoms with Gasteiger partial charge in [-0.2, -0.15) is 0 Å². The highest BCUT2D eigenvalue weighted by atomic mass is 16.2. The minimum Gasteiger partial charge on any atom is -0.363 e. The zero-order valence-electron chi connectivity index (χ0n) is 29.1. The van der Waals surface area contributed by atoms with Gasteiger partial charge in [0.15, 0.2) is 5.78 Å². The van der Waals surface area contributed by atoms with Crippen molar-refractivity contribution < 1.29 is 28.8 Å². The highest BCUT2D eigenvalue weighted by Gasteiger charge is 2.70. The first-order valence-electron chi connectivity index (χ1n) is 17.7. The van der Waals surface area contributed by atoms with Crippen LogP contribution in [0.25, 0.3) is 0 Å². The van der Waals surface area contributed by atoms with Gasteiger partial charge in [-0.05, 0) is 53.8 Å². The monoisotopic (exact) mass is 663 g/mol. The molecule has 5 amide bonds. The topological polar surface area (TPSA) is 168 Å². The van der Waals surface area contributed by atoms with E-state index < -0.39 is 59.1 Å². The number of nitrogens with two attached hydrogens (primary N) is 1. The van der Waals surface area contributed by atoms with Gasteiger partial charge in [-0.3, -0.25) is 24.0 Å². The minimum atomic E-state index is -1.09. The quantitative estimate of drug-likeness (QED) is 0.196. The van der Waals surface area contributed by atoms with E-state index in [0.29, 0.717) is 18.5 Å². The predicted octanol–water partition coefficient (Wildman–Crippen LogP) is 3.74. The van der Waals surface area contributed by atoms with E-state index >= 15 is 0 Å². The number of benzene rings is 1. The summed E-state index contributed by atoms with van der Waals surface area (Å²) in [5.41, 5.74) is 4.94. The lowest BCUT2D eigenvalue weighted by atomic mass is 9.80. The number of hydrogen-bond acceptors (Lipinski definition) is 6. The Morgan fingerprint density at radius 1 is 0.896 bits per heavy atom. The lowest BCUT2D eigenvalue weighted by Gasteiger charge is -2.38. The van der Waals surface area contributed by atoms with Crippen molar-refractivity contribution >= 4 is 35.3 Å². The smallest absolute Gasteiger partial charge is 0.316 e. The molecule has 5 N–H and O–H groups in total. The van der Waals surface area contributed by atoms with Crippen LogP contribution in [0.4, 0.5) is 4.79 Å². The van der Waals surface area contributed by atoms with Crippen molar-refractivity contribution in [3.05, 3.63) is 35.9 Å². The molecule has 11 heteroatoms. The molecule has 6 atom stereocenters. The molecule has 0 radical (unpaired) electrons. The van der Waals surface area contributed by atoms with Crippen LogP contribution in [-0.2, 0) is 19.2 Å². The summed E-state index contributed by atoms with van der Waals surface area (Å²) in [6.07, 6.45) is 7.93. The molecular formula is C37H53N5O6. The largest absolute Gasteiger partial charge is 0.363 e. The second-order valence-electron chi connectivity index (χ2n) is 16.2. The van der Waals surface area contributed by atoms with E-state index in [2.05, 4.69) is 29.8 Å². The molecule has 4 fully saturated rings. The number of carbonyl (C=O) groups excluding carboxylic acids is 6. The summed E-state index contributed by atoms with van der Waals surface area (Å²) in [6.45, 7) is 10.00. The molecule has 0 bridgehead atoms. The van der Waals surface area contributed by atoms with Gasteiger partial charge in [0.05, 0.1) is 12.1 Å². The zero-order valence-corrected chi connectivity index (χ0v) is 29.1. The minimum absolute atomic E-state index is 0.0157. The van der Waals surface area contributed by atoms with E-state index in [9.17, 15) is 28.8 Å². The Bertz CT molecular complexity index is 1410. The highest BCUT2D eigenvalue weighted by Crippen LogP contribution is 2.65. The molecule has 1 heterocycles. The number of amides is 5. The molecule has 262 valence electrons. The van der Waals surface area contributed by atoms with Crippen molar-refractivity contribution in [2.45, 2.75) is 117 Å². The molecule has 3 saturated carbocycles. The summed E-state index contributed by atoms with van der Waals surface area (Å²) < 4.78 is 0. The summed E-state index contributed by atoms with van der Waals surface area (Å²) in [5, 5.41) is 8.65. The third-order valence-electron chi connectivity index (χ3n) is 11.6. The van der Waals surface area contributed by atoms with Crippen LogP contribution in [0.2, 0.25) is 0 Å². The van der Waals surface area contributed by atoms with E-state index in [1.54, 1.807) is 24.3 Å². The fourth-order valence-electron chi connectivity index (χ4n) is 8.31. The molecule has 48 heavy (non-hydrogen) atoms. The lowest BCUT2D eigenvalue weighted by Crippen LogP contribution is -2.62. The van der Waals surface area contributed by atoms with Gasteiger partial charge < -0.3 is 26.6 Å². The van der Waals surface area contributed by atoms with Gasteiger partial charge in [-0.1, -0.05) is 103 Å². The fraction of sp³-hybridized carbons (Fsp3) is 0.676. The number of urea groups is 1. The number of carbonyl (C=O) groups is 6. The third kappa shape index (κ3) is 7.44. The van der Waals surface area contributed by atoms with Crippen LogP contribution in [0.1, 0.15) is 103 Å². The van der Waals surface area contributed by atoms with Crippen LogP contribution in [0, 0.1) is 34.5 Å². The number of fused-ring (bicyclic) bond motifs is 1. The van der Waals surface area contributed by atoms with Crippen LogP contribution in [0.5, 0.6) is 0 Å². The first-order chi connectivity index (χ1) is 22.6. The van der Waals surface area contributed by atoms with Crippen molar-refractivity contribution in [1.29, 1.82) is 0 Å². The Kier molecular flexibility index (Phi) is 10.4.